The highest BCUT2D eigenvalue weighted by atomic mass is 79.9. The Morgan fingerprint density at radius 1 is 1.14 bits per heavy atom. The molecule has 0 radical (unpaired) electrons. The van der Waals surface area contributed by atoms with Gasteiger partial charge in [0.05, 0.1) is 4.90 Å². The van der Waals surface area contributed by atoms with E-state index in [0.29, 0.717) is 0 Å². The summed E-state index contributed by atoms with van der Waals surface area (Å²) in [6.07, 6.45) is 0.971. The van der Waals surface area contributed by atoms with E-state index in [-0.39, 0.29) is 10.9 Å². The van der Waals surface area contributed by atoms with Crippen molar-refractivity contribution in [3.63, 3.8) is 0 Å². The highest BCUT2D eigenvalue weighted by Crippen LogP contribution is 2.20. The second-order valence-electron chi connectivity index (χ2n) is 4.90. The molecule has 1 atom stereocenters. The lowest BCUT2D eigenvalue weighted by Gasteiger charge is -2.15. The molecule has 0 saturated heterocycles. The summed E-state index contributed by atoms with van der Waals surface area (Å²) in [4.78, 5) is 0.258. The minimum atomic E-state index is -3.53. The lowest BCUT2D eigenvalue weighted by Crippen LogP contribution is -2.26. The van der Waals surface area contributed by atoms with Crippen LogP contribution < -0.4 is 4.72 Å². The minimum Gasteiger partial charge on any atom is -0.207 e. The summed E-state index contributed by atoms with van der Waals surface area (Å²) in [5.74, 6) is 0. The van der Waals surface area contributed by atoms with E-state index in [1.807, 2.05) is 31.2 Å². The third-order valence-corrected chi connectivity index (χ3v) is 5.36. The summed E-state index contributed by atoms with van der Waals surface area (Å²) in [5, 5.41) is 0. The molecule has 21 heavy (non-hydrogen) atoms. The number of aryl methyl sites for hydroxylation is 1. The van der Waals surface area contributed by atoms with E-state index in [2.05, 4.69) is 27.6 Å². The molecule has 0 aromatic heterocycles. The summed E-state index contributed by atoms with van der Waals surface area (Å²) in [6, 6.07) is 14.4. The van der Waals surface area contributed by atoms with Gasteiger partial charge in [-0.2, -0.15) is 0 Å². The second-order valence-corrected chi connectivity index (χ2v) is 7.53. The van der Waals surface area contributed by atoms with Crippen molar-refractivity contribution >= 4 is 26.0 Å². The van der Waals surface area contributed by atoms with Crippen molar-refractivity contribution in [2.45, 2.75) is 31.2 Å². The molecule has 0 amide bonds. The average Bonchev–Trinajstić information content (AvgIpc) is 2.47. The third-order valence-electron chi connectivity index (χ3n) is 3.33. The van der Waals surface area contributed by atoms with Crippen LogP contribution in [0.3, 0.4) is 0 Å². The van der Waals surface area contributed by atoms with Gasteiger partial charge >= 0.3 is 0 Å². The van der Waals surface area contributed by atoms with Crippen LogP contribution in [0.25, 0.3) is 0 Å². The van der Waals surface area contributed by atoms with Gasteiger partial charge in [-0.1, -0.05) is 53.2 Å². The van der Waals surface area contributed by atoms with Crippen LogP contribution in [0.4, 0.5) is 0 Å². The molecule has 2 aromatic carbocycles. The van der Waals surface area contributed by atoms with Crippen LogP contribution in [-0.2, 0) is 16.4 Å². The van der Waals surface area contributed by atoms with Crippen molar-refractivity contribution < 1.29 is 8.42 Å². The molecule has 2 aromatic rings. The first kappa shape index (κ1) is 16.2. The quantitative estimate of drug-likeness (QED) is 0.866. The molecule has 0 aliphatic carbocycles. The van der Waals surface area contributed by atoms with Crippen LogP contribution in [0.1, 0.15) is 31.0 Å². The molecule has 5 heteroatoms. The highest BCUT2D eigenvalue weighted by Gasteiger charge is 2.18. The number of hydrogen-bond donors (Lipinski definition) is 1. The number of hydrogen-bond acceptors (Lipinski definition) is 2. The van der Waals surface area contributed by atoms with Gasteiger partial charge in [-0.25, -0.2) is 13.1 Å². The van der Waals surface area contributed by atoms with Gasteiger partial charge in [-0.15, -0.1) is 0 Å². The fourth-order valence-electron chi connectivity index (χ4n) is 2.04. The summed E-state index contributed by atoms with van der Waals surface area (Å²) in [6.45, 7) is 3.94. The number of sulfonamides is 1. The number of benzene rings is 2. The Balaban J connectivity index is 2.19. The number of halogens is 1. The highest BCUT2D eigenvalue weighted by molar-refractivity contribution is 9.10. The van der Waals surface area contributed by atoms with Crippen molar-refractivity contribution in [1.29, 1.82) is 0 Å². The van der Waals surface area contributed by atoms with Gasteiger partial charge in [0.25, 0.3) is 0 Å². The number of nitrogens with one attached hydrogen (secondary N) is 1. The summed E-state index contributed by atoms with van der Waals surface area (Å²) < 4.78 is 28.2. The minimum absolute atomic E-state index is 0.258. The lowest BCUT2D eigenvalue weighted by molar-refractivity contribution is 0.567. The molecule has 0 aliphatic heterocycles. The van der Waals surface area contributed by atoms with E-state index >= 15 is 0 Å². The topological polar surface area (TPSA) is 46.2 Å². The zero-order valence-electron chi connectivity index (χ0n) is 12.0. The largest absolute Gasteiger partial charge is 0.241 e. The Hall–Kier alpha value is -1.17. The van der Waals surface area contributed by atoms with E-state index in [4.69, 9.17) is 0 Å². The van der Waals surface area contributed by atoms with Crippen molar-refractivity contribution in [2.24, 2.45) is 0 Å². The summed E-state index contributed by atoms with van der Waals surface area (Å²) in [5.41, 5.74) is 2.19. The van der Waals surface area contributed by atoms with E-state index in [9.17, 15) is 8.42 Å². The predicted molar refractivity (Wildman–Crippen MR) is 88.7 cm³/mol. The van der Waals surface area contributed by atoms with Gasteiger partial charge < -0.3 is 0 Å². The fraction of sp³-hybridized carbons (Fsp3) is 0.250. The van der Waals surface area contributed by atoms with Crippen LogP contribution in [0.15, 0.2) is 57.9 Å². The van der Waals surface area contributed by atoms with Gasteiger partial charge in [0, 0.05) is 10.5 Å². The maximum absolute atomic E-state index is 12.4. The van der Waals surface area contributed by atoms with Gasteiger partial charge in [0.1, 0.15) is 0 Å². The van der Waals surface area contributed by atoms with Crippen molar-refractivity contribution in [1.82, 2.24) is 4.72 Å². The lowest BCUT2D eigenvalue weighted by atomic mass is 10.1. The molecule has 2 rings (SSSR count). The van der Waals surface area contributed by atoms with Crippen molar-refractivity contribution in [2.75, 3.05) is 0 Å². The monoisotopic (exact) mass is 367 g/mol. The van der Waals surface area contributed by atoms with Gasteiger partial charge in [-0.05, 0) is 42.7 Å². The van der Waals surface area contributed by atoms with Crippen LogP contribution in [0.2, 0.25) is 0 Å². The molecule has 0 fully saturated rings. The average molecular weight is 368 g/mol. The van der Waals surface area contributed by atoms with Crippen LogP contribution in [0, 0.1) is 0 Å². The molecule has 0 aliphatic rings. The Bertz CT molecular complexity index is 711. The molecule has 0 spiro atoms. The predicted octanol–water partition coefficient (Wildman–Crippen LogP) is 4.05. The normalized spacial score (nSPS) is 13.1. The van der Waals surface area contributed by atoms with Gasteiger partial charge in [0.2, 0.25) is 10.0 Å². The number of rotatable bonds is 5. The summed E-state index contributed by atoms with van der Waals surface area (Å²) in [7, 11) is -3.53. The first-order chi connectivity index (χ1) is 9.92. The first-order valence-corrected chi connectivity index (χ1v) is 9.06. The maximum atomic E-state index is 12.4. The van der Waals surface area contributed by atoms with E-state index < -0.39 is 10.0 Å². The molecule has 0 heterocycles. The molecule has 0 bridgehead atoms. The Morgan fingerprint density at radius 3 is 2.38 bits per heavy atom. The summed E-state index contributed by atoms with van der Waals surface area (Å²) >= 11 is 3.29. The zero-order chi connectivity index (χ0) is 15.5. The standard InChI is InChI=1S/C16H18BrNO2S/c1-3-13-7-9-14(10-8-13)12(2)18-21(19,20)16-6-4-5-15(17)11-16/h4-12,18H,3H2,1-2H3. The first-order valence-electron chi connectivity index (χ1n) is 6.79. The Morgan fingerprint density at radius 2 is 1.81 bits per heavy atom. The van der Waals surface area contributed by atoms with Crippen LogP contribution in [-0.4, -0.2) is 8.42 Å². The molecule has 1 unspecified atom stereocenters. The van der Waals surface area contributed by atoms with Crippen LogP contribution >= 0.6 is 15.9 Å². The Kier molecular flexibility index (Phi) is 5.19. The molecular formula is C16H18BrNO2S. The molecular weight excluding hydrogens is 350 g/mol. The molecule has 0 saturated carbocycles. The van der Waals surface area contributed by atoms with Crippen molar-refractivity contribution in [3.05, 3.63) is 64.1 Å². The van der Waals surface area contributed by atoms with Gasteiger partial charge in [0.15, 0.2) is 0 Å². The molecule has 112 valence electrons. The maximum Gasteiger partial charge on any atom is 0.241 e. The third kappa shape index (κ3) is 4.15. The zero-order valence-corrected chi connectivity index (χ0v) is 14.4. The van der Waals surface area contributed by atoms with E-state index in [1.165, 1.54) is 5.56 Å². The van der Waals surface area contributed by atoms with Crippen LogP contribution in [0.5, 0.6) is 0 Å². The SMILES string of the molecule is CCc1ccc(C(C)NS(=O)(=O)c2cccc(Br)c2)cc1. The molecule has 1 N–H and O–H groups in total. The Labute approximate surface area is 134 Å². The van der Waals surface area contributed by atoms with E-state index in [1.54, 1.807) is 24.3 Å². The van der Waals surface area contributed by atoms with E-state index in [0.717, 1.165) is 16.5 Å². The van der Waals surface area contributed by atoms with Gasteiger partial charge in [-0.3, -0.25) is 0 Å². The second kappa shape index (κ2) is 6.73. The smallest absolute Gasteiger partial charge is 0.207 e. The van der Waals surface area contributed by atoms with Crippen molar-refractivity contribution in [3.8, 4) is 0 Å². The molecule has 3 nitrogen and oxygen atoms in total. The fourth-order valence-corrected chi connectivity index (χ4v) is 3.87.